The molecule has 15 N–H and O–H groups in total. The molecular weight excluding hydrogens is 993 g/mol. The monoisotopic (exact) mass is 1030 g/mol. The third-order valence-electron chi connectivity index (χ3n) is 13.9. The van der Waals surface area contributed by atoms with Gasteiger partial charge in [0.05, 0.1) is 28.7 Å². The maximum Gasteiger partial charge on any atom is 0.339 e. The van der Waals surface area contributed by atoms with E-state index in [-0.39, 0.29) is 16.7 Å². The van der Waals surface area contributed by atoms with E-state index in [9.17, 15) is 95.8 Å². The minimum Gasteiger partial charge on any atom is -0.507 e. The van der Waals surface area contributed by atoms with Crippen LogP contribution in [0.1, 0.15) is 65.3 Å². The van der Waals surface area contributed by atoms with Gasteiger partial charge in [-0.15, -0.1) is 0 Å². The van der Waals surface area contributed by atoms with Gasteiger partial charge in [-0.3, -0.25) is 9.59 Å². The van der Waals surface area contributed by atoms with Crippen LogP contribution in [0, 0.1) is 5.92 Å². The fourth-order valence-electron chi connectivity index (χ4n) is 10.7. The first-order chi connectivity index (χ1) is 35.0. The number of fused-ring (bicyclic) bond motifs is 9. The van der Waals surface area contributed by atoms with E-state index in [4.69, 9.17) is 28.4 Å². The number of ketones is 1. The number of benzene rings is 5. The van der Waals surface area contributed by atoms with E-state index < -0.39 is 222 Å². The number of phenolic OH excluding ortho intramolecular Hbond substituents is 12. The molecule has 26 nitrogen and oxygen atoms in total. The third-order valence-corrected chi connectivity index (χ3v) is 13.9. The number of Topliss-reactive ketones (excluding diaryl/α,β-unsaturated/α-hetero) is 1. The number of phenols is 12. The summed E-state index contributed by atoms with van der Waals surface area (Å²) in [6.45, 7) is -1.37. The molecular formula is C48H34O26. The van der Waals surface area contributed by atoms with Crippen molar-refractivity contribution < 1.29 is 129 Å². The zero-order valence-corrected chi connectivity index (χ0v) is 36.8. The van der Waals surface area contributed by atoms with Gasteiger partial charge in [-0.2, -0.15) is 0 Å². The first-order valence-corrected chi connectivity index (χ1v) is 21.7. The molecule has 6 aliphatic heterocycles. The molecule has 5 aromatic carbocycles. The topological polar surface area (TPSA) is 444 Å². The van der Waals surface area contributed by atoms with E-state index in [0.29, 0.717) is 18.2 Å². The number of carbonyl (C=O) groups is 5. The van der Waals surface area contributed by atoms with E-state index in [2.05, 4.69) is 0 Å². The van der Waals surface area contributed by atoms with E-state index in [1.54, 1.807) is 0 Å². The van der Waals surface area contributed by atoms with E-state index in [1.807, 2.05) is 0 Å². The Morgan fingerprint density at radius 3 is 1.66 bits per heavy atom. The first-order valence-electron chi connectivity index (χ1n) is 21.7. The van der Waals surface area contributed by atoms with Gasteiger partial charge in [-0.1, -0.05) is 6.07 Å². The molecule has 0 amide bonds. The number of aromatic hydroxyl groups is 12. The Hall–Kier alpha value is -9.69. The van der Waals surface area contributed by atoms with Crippen molar-refractivity contribution in [3.05, 3.63) is 87.2 Å². The number of carbonyl (C=O) groups excluding carboxylic acids is 5. The Morgan fingerprint density at radius 2 is 1.07 bits per heavy atom. The smallest absolute Gasteiger partial charge is 0.339 e. The molecule has 7 aliphatic rings. The van der Waals surface area contributed by atoms with Gasteiger partial charge in [0.2, 0.25) is 28.6 Å². The van der Waals surface area contributed by atoms with Gasteiger partial charge in [-0.25, -0.2) is 14.4 Å². The molecule has 382 valence electrons. The molecule has 26 heteroatoms. The van der Waals surface area contributed by atoms with Crippen LogP contribution >= 0.6 is 0 Å². The van der Waals surface area contributed by atoms with Crippen molar-refractivity contribution in [2.75, 3.05) is 6.61 Å². The standard InChI is InChI=1S/C48H34O26/c49-15-2-1-10(3-17(15)51)38-21(55)4-11-16(50)8-23-27(39(11)70-38)29-41-42(73-46(67)14-7-20(54)33(59)36(62)26(14)28-30(47(68)72-41)48(29,74-23)43(64)37(28)63)40-22(56)9-69-44(65)12-5-18(52)31(57)34(60)24(12)25-13(45(66)71-40)6-19(53)32(58)35(25)61/h1-3,5-8,21-22,29-30,38,40-42,49-63H,4,9H2/t21-,22-,29+,30-,38-,40-,41+,42+,48-/m1/s1. The molecule has 4 bridgehead atoms. The van der Waals surface area contributed by atoms with Crippen LogP contribution in [0.15, 0.2) is 48.2 Å². The molecule has 5 aromatic rings. The predicted octanol–water partition coefficient (Wildman–Crippen LogP) is 1.46. The Labute approximate surface area is 409 Å². The van der Waals surface area contributed by atoms with Gasteiger partial charge >= 0.3 is 23.9 Å². The van der Waals surface area contributed by atoms with E-state index in [0.717, 1.165) is 18.2 Å². The van der Waals surface area contributed by atoms with Gasteiger partial charge in [0.25, 0.3) is 0 Å². The second-order valence-corrected chi connectivity index (χ2v) is 17.9. The lowest BCUT2D eigenvalue weighted by Crippen LogP contribution is -2.65. The van der Waals surface area contributed by atoms with Crippen LogP contribution in [-0.2, 0) is 35.0 Å². The average molecular weight is 1030 g/mol. The van der Waals surface area contributed by atoms with Crippen LogP contribution in [0.25, 0.3) is 16.7 Å². The molecule has 12 rings (SSSR count). The molecule has 6 heterocycles. The lowest BCUT2D eigenvalue weighted by molar-refractivity contribution is -0.200. The van der Waals surface area contributed by atoms with Crippen LogP contribution in [0.2, 0.25) is 0 Å². The third kappa shape index (κ3) is 6.14. The fraction of sp³-hybridized carbons (Fsp3) is 0.229. The molecule has 1 fully saturated rings. The highest BCUT2D eigenvalue weighted by atomic mass is 16.6. The fourth-order valence-corrected chi connectivity index (χ4v) is 10.7. The maximum absolute atomic E-state index is 15.1. The molecule has 0 unspecified atom stereocenters. The zero-order chi connectivity index (χ0) is 53.0. The average Bonchev–Trinajstić information content (AvgIpc) is 3.90. The summed E-state index contributed by atoms with van der Waals surface area (Å²) >= 11 is 0. The highest BCUT2D eigenvalue weighted by Gasteiger charge is 2.76. The summed E-state index contributed by atoms with van der Waals surface area (Å²) in [4.78, 5) is 73.5. The number of ether oxygens (including phenoxy) is 6. The van der Waals surface area contributed by atoms with Crippen molar-refractivity contribution in [3.8, 4) is 91.6 Å². The van der Waals surface area contributed by atoms with Crippen LogP contribution in [0.3, 0.4) is 0 Å². The predicted molar refractivity (Wildman–Crippen MR) is 233 cm³/mol. The van der Waals surface area contributed by atoms with Crippen molar-refractivity contribution in [2.24, 2.45) is 5.92 Å². The Bertz CT molecular complexity index is 3490. The summed E-state index contributed by atoms with van der Waals surface area (Å²) in [6.07, 6.45) is -13.8. The van der Waals surface area contributed by atoms with Gasteiger partial charge in [0, 0.05) is 45.9 Å². The zero-order valence-electron chi connectivity index (χ0n) is 36.8. The quantitative estimate of drug-likeness (QED) is 0.0676. The molecule has 0 saturated carbocycles. The van der Waals surface area contributed by atoms with Crippen molar-refractivity contribution in [3.63, 3.8) is 0 Å². The van der Waals surface area contributed by atoms with Gasteiger partial charge in [-0.05, 0) is 35.9 Å². The van der Waals surface area contributed by atoms with Crippen molar-refractivity contribution in [2.45, 2.75) is 54.6 Å². The summed E-state index contributed by atoms with van der Waals surface area (Å²) in [7, 11) is 0. The van der Waals surface area contributed by atoms with Crippen molar-refractivity contribution >= 4 is 35.2 Å². The highest BCUT2D eigenvalue weighted by molar-refractivity contribution is 6.21. The maximum atomic E-state index is 15.1. The van der Waals surface area contributed by atoms with Crippen molar-refractivity contribution in [1.82, 2.24) is 0 Å². The van der Waals surface area contributed by atoms with Crippen LogP contribution < -0.4 is 9.47 Å². The summed E-state index contributed by atoms with van der Waals surface area (Å²) in [5.74, 6) is -29.2. The lowest BCUT2D eigenvalue weighted by Gasteiger charge is -2.47. The Kier molecular flexibility index (Phi) is 9.87. The second-order valence-electron chi connectivity index (χ2n) is 17.9. The molecule has 0 aromatic heterocycles. The summed E-state index contributed by atoms with van der Waals surface area (Å²) in [6, 6.07) is 5.61. The molecule has 1 saturated heterocycles. The molecule has 9 atom stereocenters. The minimum atomic E-state index is -2.94. The molecule has 1 spiro atoms. The number of cyclic esters (lactones) is 2. The largest absolute Gasteiger partial charge is 0.507 e. The number of esters is 4. The number of aliphatic hydroxyl groups excluding tert-OH is 3. The van der Waals surface area contributed by atoms with Crippen LogP contribution in [0.5, 0.6) is 80.5 Å². The normalized spacial score (nSPS) is 26.5. The van der Waals surface area contributed by atoms with E-state index >= 15 is 4.79 Å². The van der Waals surface area contributed by atoms with Gasteiger partial charge in [0.1, 0.15) is 42.0 Å². The number of rotatable bonds is 2. The number of aliphatic hydroxyl groups is 3. The summed E-state index contributed by atoms with van der Waals surface area (Å²) in [5.41, 5.74) is -10.8. The summed E-state index contributed by atoms with van der Waals surface area (Å²) in [5, 5.41) is 165. The SMILES string of the molecule is O=C1O[C@@H]([C@@H]2OC(=O)c3cc(O)c(O)c(O)c3-c3c(cc(O)c(O)c3O)C(=O)OC[C@H]2O)[C@H]2OC(=O)[C@H]3C(=C(O)C(=O)[C@]34Oc3cc(O)c5c(c3[C@@H]24)O[C@H](c2ccc(O)c(O)c2)[C@H](O)C5)c2c1cc(O)c(O)c2O. The first kappa shape index (κ1) is 46.7. The number of hydrogen-bond donors (Lipinski definition) is 15. The van der Waals surface area contributed by atoms with Gasteiger partial charge < -0.3 is 105 Å². The lowest BCUT2D eigenvalue weighted by atomic mass is 9.66. The number of hydrogen-bond acceptors (Lipinski definition) is 26. The molecule has 74 heavy (non-hydrogen) atoms. The minimum absolute atomic E-state index is 0.0112. The van der Waals surface area contributed by atoms with E-state index in [1.165, 1.54) is 6.07 Å². The van der Waals surface area contributed by atoms with Crippen LogP contribution in [0.4, 0.5) is 0 Å². The van der Waals surface area contributed by atoms with Crippen LogP contribution in [-0.4, -0.2) is 149 Å². The van der Waals surface area contributed by atoms with Gasteiger partial charge in [0.15, 0.2) is 70.1 Å². The summed E-state index contributed by atoms with van der Waals surface area (Å²) < 4.78 is 35.8. The van der Waals surface area contributed by atoms with Crippen molar-refractivity contribution in [1.29, 1.82) is 0 Å². The Balaban J connectivity index is 1.17. The highest BCUT2D eigenvalue weighted by Crippen LogP contribution is 2.67. The second kappa shape index (κ2) is 15.7. The Morgan fingerprint density at radius 1 is 0.514 bits per heavy atom. The molecule has 1 aliphatic carbocycles. The molecule has 0 radical (unpaired) electrons.